The minimum atomic E-state index is -3.33. The lowest BCUT2D eigenvalue weighted by molar-refractivity contribution is -0.139. The number of benzene rings is 2. The van der Waals surface area contributed by atoms with Gasteiger partial charge >= 0.3 is 5.97 Å². The SMILES string of the molecule is CCCS(=O)(=O)c1cccc(C#Cc2c(Cl)cccc2OCC(=O)O)c1. The zero-order chi connectivity index (χ0) is 19.2. The topological polar surface area (TPSA) is 80.7 Å². The number of aliphatic carboxylic acids is 1. The van der Waals surface area contributed by atoms with Crippen molar-refractivity contribution in [2.24, 2.45) is 0 Å². The van der Waals surface area contributed by atoms with E-state index in [1.54, 1.807) is 37.3 Å². The molecule has 7 heteroatoms. The molecule has 0 unspecified atom stereocenters. The van der Waals surface area contributed by atoms with Crippen LogP contribution in [-0.4, -0.2) is 31.9 Å². The van der Waals surface area contributed by atoms with Crippen LogP contribution in [-0.2, 0) is 14.6 Å². The Morgan fingerprint density at radius 3 is 2.62 bits per heavy atom. The first-order valence-electron chi connectivity index (χ1n) is 7.81. The summed E-state index contributed by atoms with van der Waals surface area (Å²) in [5.74, 6) is 4.91. The molecule has 0 spiro atoms. The van der Waals surface area contributed by atoms with Gasteiger partial charge in [0.15, 0.2) is 16.4 Å². The molecule has 136 valence electrons. The fraction of sp³-hybridized carbons (Fsp3) is 0.211. The van der Waals surface area contributed by atoms with Gasteiger partial charge in [-0.1, -0.05) is 42.5 Å². The number of sulfone groups is 1. The third-order valence-electron chi connectivity index (χ3n) is 3.32. The molecular formula is C19H17ClO5S. The molecule has 2 rings (SSSR count). The second kappa shape index (κ2) is 8.75. The lowest BCUT2D eigenvalue weighted by Crippen LogP contribution is -2.10. The van der Waals surface area contributed by atoms with Crippen LogP contribution in [0.1, 0.15) is 24.5 Å². The molecule has 0 saturated heterocycles. The number of halogens is 1. The summed E-state index contributed by atoms with van der Waals surface area (Å²) in [6.45, 7) is 1.29. The highest BCUT2D eigenvalue weighted by Gasteiger charge is 2.13. The number of hydrogen-bond acceptors (Lipinski definition) is 4. The standard InChI is InChI=1S/C19H17ClO5S/c1-2-11-26(23,24)15-6-3-5-14(12-15)9-10-16-17(20)7-4-8-18(16)25-13-19(21)22/h3-8,12H,2,11,13H2,1H3,(H,21,22). The zero-order valence-electron chi connectivity index (χ0n) is 14.0. The van der Waals surface area contributed by atoms with Gasteiger partial charge in [-0.2, -0.15) is 0 Å². The van der Waals surface area contributed by atoms with Gasteiger partial charge in [-0.25, -0.2) is 13.2 Å². The van der Waals surface area contributed by atoms with Crippen LogP contribution in [0.3, 0.4) is 0 Å². The lowest BCUT2D eigenvalue weighted by atomic mass is 10.1. The first-order chi connectivity index (χ1) is 12.3. The third-order valence-corrected chi connectivity index (χ3v) is 5.56. The van der Waals surface area contributed by atoms with Crippen molar-refractivity contribution in [1.29, 1.82) is 0 Å². The average Bonchev–Trinajstić information content (AvgIpc) is 2.59. The minimum absolute atomic E-state index is 0.0710. The zero-order valence-corrected chi connectivity index (χ0v) is 15.6. The molecule has 0 aliphatic carbocycles. The number of hydrogen-bond donors (Lipinski definition) is 1. The molecule has 0 amide bonds. The van der Waals surface area contributed by atoms with Gasteiger partial charge in [0.2, 0.25) is 0 Å². The molecule has 0 fully saturated rings. The van der Waals surface area contributed by atoms with Crippen molar-refractivity contribution in [3.05, 3.63) is 58.6 Å². The van der Waals surface area contributed by atoms with Gasteiger partial charge in [0.25, 0.3) is 0 Å². The Morgan fingerprint density at radius 2 is 1.92 bits per heavy atom. The average molecular weight is 393 g/mol. The van der Waals surface area contributed by atoms with Crippen molar-refractivity contribution in [3.8, 4) is 17.6 Å². The number of carbonyl (C=O) groups is 1. The fourth-order valence-corrected chi connectivity index (χ4v) is 3.75. The van der Waals surface area contributed by atoms with Crippen LogP contribution in [0.4, 0.5) is 0 Å². The van der Waals surface area contributed by atoms with Crippen LogP contribution in [0.15, 0.2) is 47.4 Å². The quantitative estimate of drug-likeness (QED) is 0.762. The summed E-state index contributed by atoms with van der Waals surface area (Å²) in [6, 6.07) is 11.2. The molecule has 0 saturated carbocycles. The van der Waals surface area contributed by atoms with Crippen LogP contribution in [0.25, 0.3) is 0 Å². The van der Waals surface area contributed by atoms with E-state index in [4.69, 9.17) is 21.4 Å². The highest BCUT2D eigenvalue weighted by molar-refractivity contribution is 7.91. The van der Waals surface area contributed by atoms with E-state index in [-0.39, 0.29) is 16.4 Å². The largest absolute Gasteiger partial charge is 0.481 e. The number of carboxylic acid groups (broad SMARTS) is 1. The van der Waals surface area contributed by atoms with Crippen LogP contribution in [0, 0.1) is 11.8 Å². The van der Waals surface area contributed by atoms with Gasteiger partial charge in [-0.05, 0) is 36.8 Å². The molecule has 0 atom stereocenters. The summed E-state index contributed by atoms with van der Waals surface area (Å²) in [5, 5.41) is 9.06. The van der Waals surface area contributed by atoms with E-state index in [2.05, 4.69) is 11.8 Å². The number of carboxylic acids is 1. The van der Waals surface area contributed by atoms with Crippen molar-refractivity contribution >= 4 is 27.4 Å². The Morgan fingerprint density at radius 1 is 1.19 bits per heavy atom. The van der Waals surface area contributed by atoms with E-state index in [9.17, 15) is 13.2 Å². The minimum Gasteiger partial charge on any atom is -0.481 e. The van der Waals surface area contributed by atoms with E-state index in [1.807, 2.05) is 0 Å². The summed E-state index contributed by atoms with van der Waals surface area (Å²) >= 11 is 6.13. The third kappa shape index (κ3) is 5.25. The van der Waals surface area contributed by atoms with Gasteiger partial charge in [-0.15, -0.1) is 0 Å². The second-order valence-corrected chi connectivity index (χ2v) is 7.91. The van der Waals surface area contributed by atoms with Crippen molar-refractivity contribution in [2.45, 2.75) is 18.2 Å². The van der Waals surface area contributed by atoms with Gasteiger partial charge in [0.05, 0.1) is 21.2 Å². The predicted octanol–water partition coefficient (Wildman–Crippen LogP) is 3.39. The van der Waals surface area contributed by atoms with Crippen LogP contribution in [0.2, 0.25) is 5.02 Å². The molecule has 5 nitrogen and oxygen atoms in total. The van der Waals surface area contributed by atoms with Crippen molar-refractivity contribution in [1.82, 2.24) is 0 Å². The molecule has 0 radical (unpaired) electrons. The van der Waals surface area contributed by atoms with Crippen LogP contribution in [0.5, 0.6) is 5.75 Å². The second-order valence-electron chi connectivity index (χ2n) is 5.39. The van der Waals surface area contributed by atoms with E-state index < -0.39 is 22.4 Å². The summed E-state index contributed by atoms with van der Waals surface area (Å²) in [5.41, 5.74) is 0.850. The van der Waals surface area contributed by atoms with Crippen molar-refractivity contribution in [2.75, 3.05) is 12.4 Å². The summed E-state index contributed by atoms with van der Waals surface area (Å²) in [6.07, 6.45) is 0.530. The normalized spacial score (nSPS) is 10.7. The maximum atomic E-state index is 12.2. The summed E-state index contributed by atoms with van der Waals surface area (Å²) < 4.78 is 29.5. The van der Waals surface area contributed by atoms with Crippen molar-refractivity contribution < 1.29 is 23.1 Å². The Bertz CT molecular complexity index is 971. The molecule has 2 aromatic carbocycles. The van der Waals surface area contributed by atoms with Gasteiger partial charge in [0, 0.05) is 5.56 Å². The fourth-order valence-electron chi connectivity index (χ4n) is 2.17. The number of ether oxygens (including phenoxy) is 1. The lowest BCUT2D eigenvalue weighted by Gasteiger charge is -2.07. The Balaban J connectivity index is 2.37. The highest BCUT2D eigenvalue weighted by atomic mass is 35.5. The van der Waals surface area contributed by atoms with Crippen LogP contribution >= 0.6 is 11.6 Å². The Kier molecular flexibility index (Phi) is 6.67. The highest BCUT2D eigenvalue weighted by Crippen LogP contribution is 2.25. The Hall–Kier alpha value is -2.49. The van der Waals surface area contributed by atoms with Gasteiger partial charge < -0.3 is 9.84 Å². The van der Waals surface area contributed by atoms with E-state index in [0.717, 1.165) is 0 Å². The summed E-state index contributed by atoms with van der Waals surface area (Å²) in [7, 11) is -3.33. The van der Waals surface area contributed by atoms with Gasteiger partial charge in [0.1, 0.15) is 5.75 Å². The van der Waals surface area contributed by atoms with E-state index in [0.29, 0.717) is 22.6 Å². The maximum absolute atomic E-state index is 12.2. The molecule has 0 aliphatic rings. The molecule has 1 N–H and O–H groups in total. The predicted molar refractivity (Wildman–Crippen MR) is 99.3 cm³/mol. The molecular weight excluding hydrogens is 376 g/mol. The molecule has 2 aromatic rings. The molecule has 0 heterocycles. The molecule has 0 aromatic heterocycles. The summed E-state index contributed by atoms with van der Waals surface area (Å²) in [4.78, 5) is 10.9. The molecule has 0 aliphatic heterocycles. The van der Waals surface area contributed by atoms with Crippen LogP contribution < -0.4 is 4.74 Å². The number of rotatable bonds is 6. The molecule has 26 heavy (non-hydrogen) atoms. The maximum Gasteiger partial charge on any atom is 0.341 e. The first kappa shape index (κ1) is 19.8. The first-order valence-corrected chi connectivity index (χ1v) is 9.84. The Labute approximate surface area is 157 Å². The molecule has 0 bridgehead atoms. The van der Waals surface area contributed by atoms with Crippen molar-refractivity contribution in [3.63, 3.8) is 0 Å². The smallest absolute Gasteiger partial charge is 0.341 e. The van der Waals surface area contributed by atoms with Gasteiger partial charge in [-0.3, -0.25) is 0 Å². The van der Waals surface area contributed by atoms with E-state index in [1.165, 1.54) is 12.1 Å². The van der Waals surface area contributed by atoms with E-state index >= 15 is 0 Å². The monoisotopic (exact) mass is 392 g/mol.